The first-order valence-electron chi connectivity index (χ1n) is 12.4. The van der Waals surface area contributed by atoms with Gasteiger partial charge in [0, 0.05) is 58.5 Å². The van der Waals surface area contributed by atoms with E-state index in [0.29, 0.717) is 12.8 Å². The molecule has 38 heavy (non-hydrogen) atoms. The average molecular weight is 546 g/mol. The minimum atomic E-state index is -1.36. The van der Waals surface area contributed by atoms with Gasteiger partial charge in [0.15, 0.2) is 18.3 Å². The van der Waals surface area contributed by atoms with Gasteiger partial charge in [0.1, 0.15) is 18.8 Å². The van der Waals surface area contributed by atoms with Crippen LogP contribution in [-0.2, 0) is 57.2 Å². The zero-order valence-corrected chi connectivity index (χ0v) is 23.4. The maximum absolute atomic E-state index is 12.1. The molecule has 2 saturated heterocycles. The summed E-state index contributed by atoms with van der Waals surface area (Å²) in [6.45, 7) is 13.2. The van der Waals surface area contributed by atoms with Crippen molar-refractivity contribution in [2.75, 3.05) is 6.61 Å². The Kier molecular flexibility index (Phi) is 10.3. The second kappa shape index (κ2) is 12.4. The number of carbonyl (C=O) groups is 5. The van der Waals surface area contributed by atoms with Crippen LogP contribution in [0.25, 0.3) is 0 Å². The lowest BCUT2D eigenvalue weighted by Gasteiger charge is -2.55. The number of piperidine rings is 1. The highest BCUT2D eigenvalue weighted by Crippen LogP contribution is 2.42. The van der Waals surface area contributed by atoms with Gasteiger partial charge in [-0.25, -0.2) is 0 Å². The standard InChI is InChI=1S/C25H39NO12/c1-13(27)32-12-19-20(34-15(3)29)21(35-16(4)30)22(36-17(5)31)23(37-19)38-26-24(6,7)10-18(33-14(2)28)11-25(26,8)9/h18-23H,10-12H2,1-9H3/t19-,20+,21+,22-,23-/m1/s1. The molecule has 216 valence electrons. The molecule has 0 aromatic rings. The van der Waals surface area contributed by atoms with Gasteiger partial charge in [-0.05, 0) is 27.7 Å². The molecule has 5 atom stereocenters. The first-order valence-corrected chi connectivity index (χ1v) is 12.4. The van der Waals surface area contributed by atoms with Gasteiger partial charge in [0.25, 0.3) is 0 Å². The Hall–Kier alpha value is -2.77. The van der Waals surface area contributed by atoms with E-state index in [2.05, 4.69) is 0 Å². The molecule has 0 N–H and O–H groups in total. The maximum atomic E-state index is 12.1. The van der Waals surface area contributed by atoms with Gasteiger partial charge in [-0.1, -0.05) is 0 Å². The van der Waals surface area contributed by atoms with Gasteiger partial charge in [-0.15, -0.1) is 0 Å². The van der Waals surface area contributed by atoms with E-state index in [9.17, 15) is 24.0 Å². The smallest absolute Gasteiger partial charge is 0.303 e. The summed E-state index contributed by atoms with van der Waals surface area (Å²) in [7, 11) is 0. The molecule has 0 aromatic heterocycles. The normalized spacial score (nSPS) is 29.0. The van der Waals surface area contributed by atoms with E-state index in [-0.39, 0.29) is 12.7 Å². The number of hydrogen-bond acceptors (Lipinski definition) is 13. The van der Waals surface area contributed by atoms with Crippen molar-refractivity contribution in [1.82, 2.24) is 5.06 Å². The quantitative estimate of drug-likeness (QED) is 0.321. The predicted octanol–water partition coefficient (Wildman–Crippen LogP) is 1.59. The van der Waals surface area contributed by atoms with E-state index in [1.54, 1.807) is 5.06 Å². The average Bonchev–Trinajstić information content (AvgIpc) is 2.70. The first kappa shape index (κ1) is 31.4. The molecule has 0 aliphatic carbocycles. The van der Waals surface area contributed by atoms with E-state index in [1.165, 1.54) is 13.8 Å². The minimum absolute atomic E-state index is 0.362. The van der Waals surface area contributed by atoms with Crippen molar-refractivity contribution in [1.29, 1.82) is 0 Å². The molecule has 0 aromatic carbocycles. The second-order valence-electron chi connectivity index (χ2n) is 10.7. The number of rotatable bonds is 8. The van der Waals surface area contributed by atoms with Crippen molar-refractivity contribution >= 4 is 29.8 Å². The number of esters is 5. The Labute approximate surface area is 222 Å². The summed E-state index contributed by atoms with van der Waals surface area (Å²) in [6.07, 6.45) is -6.00. The second-order valence-corrected chi connectivity index (χ2v) is 10.7. The Morgan fingerprint density at radius 3 is 1.58 bits per heavy atom. The van der Waals surface area contributed by atoms with Crippen LogP contribution in [0.1, 0.15) is 75.2 Å². The summed E-state index contributed by atoms with van der Waals surface area (Å²) in [5.74, 6) is -3.20. The van der Waals surface area contributed by atoms with Crippen LogP contribution in [0.15, 0.2) is 0 Å². The summed E-state index contributed by atoms with van der Waals surface area (Å²) < 4.78 is 33.0. The molecule has 2 aliphatic heterocycles. The molecule has 13 heteroatoms. The van der Waals surface area contributed by atoms with E-state index < -0.39 is 71.6 Å². The van der Waals surface area contributed by atoms with E-state index in [4.69, 9.17) is 33.3 Å². The van der Waals surface area contributed by atoms with Gasteiger partial charge in [0.2, 0.25) is 6.29 Å². The molecular weight excluding hydrogens is 506 g/mol. The van der Waals surface area contributed by atoms with E-state index >= 15 is 0 Å². The summed E-state index contributed by atoms with van der Waals surface area (Å²) in [6, 6.07) is 0. The third-order valence-electron chi connectivity index (χ3n) is 6.04. The first-order chi connectivity index (χ1) is 17.4. The molecule has 0 amide bonds. The lowest BCUT2D eigenvalue weighted by atomic mass is 9.80. The Balaban J connectivity index is 2.50. The van der Waals surface area contributed by atoms with Crippen LogP contribution < -0.4 is 0 Å². The summed E-state index contributed by atoms with van der Waals surface area (Å²) in [4.78, 5) is 65.6. The number of hydroxylamine groups is 2. The largest absolute Gasteiger partial charge is 0.463 e. The van der Waals surface area contributed by atoms with Crippen LogP contribution in [0.4, 0.5) is 0 Å². The molecule has 0 saturated carbocycles. The molecule has 0 bridgehead atoms. The van der Waals surface area contributed by atoms with Gasteiger partial charge < -0.3 is 28.4 Å². The molecule has 0 spiro atoms. The third kappa shape index (κ3) is 8.37. The third-order valence-corrected chi connectivity index (χ3v) is 6.04. The fourth-order valence-corrected chi connectivity index (χ4v) is 5.15. The van der Waals surface area contributed by atoms with Crippen molar-refractivity contribution in [3.8, 4) is 0 Å². The Bertz CT molecular complexity index is 898. The Morgan fingerprint density at radius 1 is 0.684 bits per heavy atom. The summed E-state index contributed by atoms with van der Waals surface area (Å²) in [5, 5.41) is 1.67. The summed E-state index contributed by atoms with van der Waals surface area (Å²) in [5.41, 5.74) is -1.41. The molecular formula is C25H39NO12. The highest BCUT2D eigenvalue weighted by atomic mass is 16.8. The number of ether oxygens (including phenoxy) is 6. The van der Waals surface area contributed by atoms with Gasteiger partial charge >= 0.3 is 29.8 Å². The minimum Gasteiger partial charge on any atom is -0.463 e. The molecule has 0 unspecified atom stereocenters. The monoisotopic (exact) mass is 545 g/mol. The summed E-state index contributed by atoms with van der Waals surface area (Å²) >= 11 is 0. The molecule has 2 aliphatic rings. The van der Waals surface area contributed by atoms with E-state index in [0.717, 1.165) is 20.8 Å². The van der Waals surface area contributed by atoms with Crippen molar-refractivity contribution in [2.45, 2.75) is 123 Å². The fraction of sp³-hybridized carbons (Fsp3) is 0.800. The number of carbonyl (C=O) groups excluding carboxylic acids is 5. The van der Waals surface area contributed by atoms with Crippen molar-refractivity contribution in [3.63, 3.8) is 0 Å². The number of hydrogen-bond donors (Lipinski definition) is 0. The van der Waals surface area contributed by atoms with Crippen molar-refractivity contribution < 1.29 is 57.2 Å². The zero-order chi connectivity index (χ0) is 29.0. The van der Waals surface area contributed by atoms with Crippen LogP contribution in [0.5, 0.6) is 0 Å². The van der Waals surface area contributed by atoms with Gasteiger partial charge in [-0.2, -0.15) is 5.06 Å². The molecule has 2 fully saturated rings. The van der Waals surface area contributed by atoms with Crippen molar-refractivity contribution in [2.24, 2.45) is 0 Å². The fourth-order valence-electron chi connectivity index (χ4n) is 5.15. The van der Waals surface area contributed by atoms with Gasteiger partial charge in [-0.3, -0.25) is 28.8 Å². The van der Waals surface area contributed by atoms with Crippen LogP contribution in [0.2, 0.25) is 0 Å². The lowest BCUT2D eigenvalue weighted by molar-refractivity contribution is -0.405. The molecule has 2 rings (SSSR count). The molecule has 0 radical (unpaired) electrons. The zero-order valence-electron chi connectivity index (χ0n) is 23.4. The lowest BCUT2D eigenvalue weighted by Crippen LogP contribution is -2.68. The van der Waals surface area contributed by atoms with Crippen LogP contribution in [-0.4, -0.2) is 89.4 Å². The van der Waals surface area contributed by atoms with Crippen molar-refractivity contribution in [3.05, 3.63) is 0 Å². The number of nitrogens with zero attached hydrogens (tertiary/aromatic N) is 1. The topological polar surface area (TPSA) is 153 Å². The molecule has 2 heterocycles. The maximum Gasteiger partial charge on any atom is 0.303 e. The molecule has 13 nitrogen and oxygen atoms in total. The van der Waals surface area contributed by atoms with Crippen LogP contribution in [0.3, 0.4) is 0 Å². The highest BCUT2D eigenvalue weighted by Gasteiger charge is 2.56. The highest BCUT2D eigenvalue weighted by molar-refractivity contribution is 5.69. The van der Waals surface area contributed by atoms with E-state index in [1.807, 2.05) is 27.7 Å². The van der Waals surface area contributed by atoms with Crippen LogP contribution >= 0.6 is 0 Å². The van der Waals surface area contributed by atoms with Gasteiger partial charge in [0.05, 0.1) is 0 Å². The predicted molar refractivity (Wildman–Crippen MR) is 128 cm³/mol. The van der Waals surface area contributed by atoms with Crippen LogP contribution in [0, 0.1) is 0 Å². The SMILES string of the molecule is CC(=O)OC[C@H]1O[C@H](ON2C(C)(C)CC(OC(C)=O)CC2(C)C)[C@H](OC(C)=O)[C@@H](OC(C)=O)[C@H]1OC(C)=O. The Morgan fingerprint density at radius 2 is 1.13 bits per heavy atom.